The third-order valence-corrected chi connectivity index (χ3v) is 4.28. The number of aromatic nitrogens is 1. The number of hydrogen-bond donors (Lipinski definition) is 2. The molecule has 2 aromatic carbocycles. The Balaban J connectivity index is 1.75. The lowest BCUT2D eigenvalue weighted by Crippen LogP contribution is -2.25. The van der Waals surface area contributed by atoms with Gasteiger partial charge in [0.15, 0.2) is 0 Å². The van der Waals surface area contributed by atoms with Gasteiger partial charge < -0.3 is 20.1 Å². The van der Waals surface area contributed by atoms with E-state index in [4.69, 9.17) is 9.47 Å². The first-order valence-electron chi connectivity index (χ1n) is 8.92. The number of benzene rings is 2. The number of para-hydroxylation sites is 1. The minimum absolute atomic E-state index is 0.212. The van der Waals surface area contributed by atoms with Crippen molar-refractivity contribution < 1.29 is 19.1 Å². The summed E-state index contributed by atoms with van der Waals surface area (Å²) < 4.78 is 10.6. The molecule has 2 amide bonds. The molecule has 3 rings (SSSR count). The van der Waals surface area contributed by atoms with Gasteiger partial charge in [0.2, 0.25) is 0 Å². The molecule has 29 heavy (non-hydrogen) atoms. The quantitative estimate of drug-likeness (QED) is 0.645. The van der Waals surface area contributed by atoms with Crippen molar-refractivity contribution in [2.24, 2.45) is 0 Å². The number of carbonyl (C=O) groups is 2. The van der Waals surface area contributed by atoms with Crippen LogP contribution in [-0.2, 0) is 6.54 Å². The summed E-state index contributed by atoms with van der Waals surface area (Å²) in [7, 11) is 2.99. The van der Waals surface area contributed by atoms with Crippen LogP contribution in [0.1, 0.15) is 26.3 Å². The summed E-state index contributed by atoms with van der Waals surface area (Å²) in [6, 6.07) is 15.8. The van der Waals surface area contributed by atoms with Gasteiger partial charge in [-0.3, -0.25) is 14.6 Å². The van der Waals surface area contributed by atoms with Crippen molar-refractivity contribution in [2.45, 2.75) is 6.54 Å². The molecule has 1 heterocycles. The summed E-state index contributed by atoms with van der Waals surface area (Å²) in [5.74, 6) is 0.219. The van der Waals surface area contributed by atoms with Crippen LogP contribution in [0, 0.1) is 0 Å². The second-order valence-corrected chi connectivity index (χ2v) is 6.07. The maximum absolute atomic E-state index is 12.8. The van der Waals surface area contributed by atoms with Gasteiger partial charge in [-0.15, -0.1) is 0 Å². The number of nitrogens with zero attached hydrogens (tertiary/aromatic N) is 1. The number of hydrogen-bond acceptors (Lipinski definition) is 5. The van der Waals surface area contributed by atoms with Crippen molar-refractivity contribution in [3.8, 4) is 11.5 Å². The fourth-order valence-corrected chi connectivity index (χ4v) is 2.83. The number of pyridine rings is 1. The number of nitrogens with one attached hydrogen (secondary N) is 2. The molecule has 7 heteroatoms. The Labute approximate surface area is 168 Å². The van der Waals surface area contributed by atoms with Crippen LogP contribution in [0.3, 0.4) is 0 Å². The molecular weight excluding hydrogens is 370 g/mol. The zero-order chi connectivity index (χ0) is 20.6. The molecule has 0 radical (unpaired) electrons. The third-order valence-electron chi connectivity index (χ3n) is 4.28. The summed E-state index contributed by atoms with van der Waals surface area (Å²) in [5, 5.41) is 5.71. The van der Waals surface area contributed by atoms with Gasteiger partial charge >= 0.3 is 0 Å². The zero-order valence-corrected chi connectivity index (χ0v) is 16.1. The van der Waals surface area contributed by atoms with E-state index in [1.54, 1.807) is 42.6 Å². The van der Waals surface area contributed by atoms with Gasteiger partial charge in [0.25, 0.3) is 11.8 Å². The molecule has 2 N–H and O–H groups in total. The second kappa shape index (κ2) is 9.36. The van der Waals surface area contributed by atoms with Gasteiger partial charge in [0, 0.05) is 24.6 Å². The normalized spacial score (nSPS) is 10.1. The van der Waals surface area contributed by atoms with Gasteiger partial charge in [-0.1, -0.05) is 24.3 Å². The largest absolute Gasteiger partial charge is 0.496 e. The summed E-state index contributed by atoms with van der Waals surface area (Å²) in [5.41, 5.74) is 2.13. The molecule has 0 unspecified atom stereocenters. The fraction of sp³-hybridized carbons (Fsp3) is 0.136. The molecule has 7 nitrogen and oxygen atoms in total. The number of ether oxygens (including phenoxy) is 2. The van der Waals surface area contributed by atoms with Crippen molar-refractivity contribution in [1.82, 2.24) is 10.3 Å². The first-order chi connectivity index (χ1) is 14.1. The summed E-state index contributed by atoms with van der Waals surface area (Å²) in [6.45, 7) is 0.212. The molecule has 0 bridgehead atoms. The van der Waals surface area contributed by atoms with Crippen LogP contribution in [0.25, 0.3) is 0 Å². The van der Waals surface area contributed by atoms with E-state index in [9.17, 15) is 9.59 Å². The summed E-state index contributed by atoms with van der Waals surface area (Å²) >= 11 is 0. The highest BCUT2D eigenvalue weighted by Gasteiger charge is 2.18. The monoisotopic (exact) mass is 391 g/mol. The average molecular weight is 391 g/mol. The smallest absolute Gasteiger partial charge is 0.259 e. The predicted octanol–water partition coefficient (Wildman–Crippen LogP) is 3.28. The molecular formula is C22H21N3O4. The maximum atomic E-state index is 12.8. The van der Waals surface area contributed by atoms with Crippen LogP contribution in [0.2, 0.25) is 0 Å². The molecule has 0 aliphatic heterocycles. The van der Waals surface area contributed by atoms with Gasteiger partial charge in [-0.05, 0) is 35.9 Å². The van der Waals surface area contributed by atoms with E-state index >= 15 is 0 Å². The molecule has 0 aliphatic rings. The molecule has 1 aromatic heterocycles. The molecule has 0 fully saturated rings. The molecule has 3 aromatic rings. The van der Waals surface area contributed by atoms with Crippen molar-refractivity contribution in [3.05, 3.63) is 83.7 Å². The van der Waals surface area contributed by atoms with Gasteiger partial charge in [-0.2, -0.15) is 0 Å². The standard InChI is InChI=1S/C22H21N3O4/c1-28-18-10-5-11-19(29-2)20(18)22(27)24-14-15-7-3-4-9-17(15)25-21(26)16-8-6-12-23-13-16/h3-13H,14H2,1-2H3,(H,24,27)(H,25,26). The fourth-order valence-electron chi connectivity index (χ4n) is 2.83. The number of methoxy groups -OCH3 is 2. The van der Waals surface area contributed by atoms with E-state index in [2.05, 4.69) is 15.6 Å². The highest BCUT2D eigenvalue weighted by atomic mass is 16.5. The van der Waals surface area contributed by atoms with Gasteiger partial charge in [0.05, 0.1) is 19.8 Å². The van der Waals surface area contributed by atoms with Crippen molar-refractivity contribution in [1.29, 1.82) is 0 Å². The summed E-state index contributed by atoms with van der Waals surface area (Å²) in [6.07, 6.45) is 3.10. The van der Waals surface area contributed by atoms with E-state index in [0.29, 0.717) is 28.3 Å². The van der Waals surface area contributed by atoms with E-state index in [1.165, 1.54) is 20.4 Å². The summed E-state index contributed by atoms with van der Waals surface area (Å²) in [4.78, 5) is 29.1. The van der Waals surface area contributed by atoms with Crippen LogP contribution >= 0.6 is 0 Å². The molecule has 0 saturated carbocycles. The van der Waals surface area contributed by atoms with E-state index in [0.717, 1.165) is 5.56 Å². The lowest BCUT2D eigenvalue weighted by Gasteiger charge is -2.15. The van der Waals surface area contributed by atoms with Crippen molar-refractivity contribution >= 4 is 17.5 Å². The number of anilines is 1. The molecule has 0 saturated heterocycles. The minimum atomic E-state index is -0.340. The number of carbonyl (C=O) groups excluding carboxylic acids is 2. The lowest BCUT2D eigenvalue weighted by molar-refractivity contribution is 0.0944. The Morgan fingerprint density at radius 3 is 2.28 bits per heavy atom. The maximum Gasteiger partial charge on any atom is 0.259 e. The first-order valence-corrected chi connectivity index (χ1v) is 8.92. The second-order valence-electron chi connectivity index (χ2n) is 6.07. The van der Waals surface area contributed by atoms with Crippen LogP contribution in [0.15, 0.2) is 67.0 Å². The van der Waals surface area contributed by atoms with Crippen molar-refractivity contribution in [3.63, 3.8) is 0 Å². The van der Waals surface area contributed by atoms with Gasteiger partial charge in [0.1, 0.15) is 17.1 Å². The highest BCUT2D eigenvalue weighted by Crippen LogP contribution is 2.28. The Kier molecular flexibility index (Phi) is 6.42. The van der Waals surface area contributed by atoms with Crippen LogP contribution in [0.5, 0.6) is 11.5 Å². The minimum Gasteiger partial charge on any atom is -0.496 e. The molecule has 0 aliphatic carbocycles. The van der Waals surface area contributed by atoms with Gasteiger partial charge in [-0.25, -0.2) is 0 Å². The average Bonchev–Trinajstić information content (AvgIpc) is 2.78. The lowest BCUT2D eigenvalue weighted by atomic mass is 10.1. The Bertz CT molecular complexity index is 984. The van der Waals surface area contributed by atoms with Crippen LogP contribution in [-0.4, -0.2) is 31.0 Å². The molecule has 0 atom stereocenters. The number of rotatable bonds is 7. The third kappa shape index (κ3) is 4.70. The van der Waals surface area contributed by atoms with E-state index < -0.39 is 0 Å². The molecule has 0 spiro atoms. The van der Waals surface area contributed by atoms with Crippen LogP contribution < -0.4 is 20.1 Å². The predicted molar refractivity (Wildman–Crippen MR) is 109 cm³/mol. The SMILES string of the molecule is COc1cccc(OC)c1C(=O)NCc1ccccc1NC(=O)c1cccnc1. The highest BCUT2D eigenvalue weighted by molar-refractivity contribution is 6.04. The Hall–Kier alpha value is -3.87. The topological polar surface area (TPSA) is 89.5 Å². The van der Waals surface area contributed by atoms with E-state index in [1.807, 2.05) is 18.2 Å². The Morgan fingerprint density at radius 2 is 1.62 bits per heavy atom. The zero-order valence-electron chi connectivity index (χ0n) is 16.1. The molecule has 148 valence electrons. The Morgan fingerprint density at radius 1 is 0.897 bits per heavy atom. The van der Waals surface area contributed by atoms with Crippen LogP contribution in [0.4, 0.5) is 5.69 Å². The van der Waals surface area contributed by atoms with E-state index in [-0.39, 0.29) is 18.4 Å². The number of amides is 2. The first kappa shape index (κ1) is 19.9. The van der Waals surface area contributed by atoms with Crippen molar-refractivity contribution in [2.75, 3.05) is 19.5 Å².